The second-order valence-corrected chi connectivity index (χ2v) is 5.65. The number of aliphatic hydroxyl groups excluding tert-OH is 1. The lowest BCUT2D eigenvalue weighted by Gasteiger charge is -2.28. The molecule has 0 saturated carbocycles. The zero-order chi connectivity index (χ0) is 14.4. The van der Waals surface area contributed by atoms with Crippen LogP contribution in [0.25, 0.3) is 0 Å². The average molecular weight is 345 g/mol. The molecule has 1 heterocycles. The number of hydrogen-bond donors (Lipinski definition) is 2. The Morgan fingerprint density at radius 3 is 2.85 bits per heavy atom. The summed E-state index contributed by atoms with van der Waals surface area (Å²) < 4.78 is 11.4. The van der Waals surface area contributed by atoms with E-state index in [0.717, 1.165) is 42.2 Å². The molecule has 5 nitrogen and oxygen atoms in total. The van der Waals surface area contributed by atoms with Crippen molar-refractivity contribution in [2.24, 2.45) is 0 Å². The first-order valence-electron chi connectivity index (χ1n) is 6.74. The molecule has 2 N–H and O–H groups in total. The number of aliphatic hydroxyl groups is 1. The van der Waals surface area contributed by atoms with Gasteiger partial charge >= 0.3 is 0 Å². The summed E-state index contributed by atoms with van der Waals surface area (Å²) in [4.78, 5) is 2.22. The van der Waals surface area contributed by atoms with Crippen LogP contribution in [-0.4, -0.2) is 62.6 Å². The first kappa shape index (κ1) is 15.6. The Bertz CT molecular complexity index is 425. The number of anilines is 1. The van der Waals surface area contributed by atoms with Gasteiger partial charge in [0.1, 0.15) is 5.75 Å². The highest BCUT2D eigenvalue weighted by Gasteiger charge is 2.14. The molecular weight excluding hydrogens is 324 g/mol. The van der Waals surface area contributed by atoms with E-state index in [-0.39, 0.29) is 0 Å². The Morgan fingerprint density at radius 2 is 2.20 bits per heavy atom. The minimum Gasteiger partial charge on any atom is -0.496 e. The molecule has 1 aromatic rings. The molecule has 0 amide bonds. The van der Waals surface area contributed by atoms with Crippen molar-refractivity contribution in [1.82, 2.24) is 4.90 Å². The maximum atomic E-state index is 10.1. The molecule has 1 aromatic carbocycles. The normalized spacial score (nSPS) is 17.8. The molecule has 2 rings (SSSR count). The van der Waals surface area contributed by atoms with Crippen molar-refractivity contribution in [1.29, 1.82) is 0 Å². The highest BCUT2D eigenvalue weighted by atomic mass is 79.9. The van der Waals surface area contributed by atoms with E-state index < -0.39 is 6.10 Å². The summed E-state index contributed by atoms with van der Waals surface area (Å²) in [5.74, 6) is 0.796. The summed E-state index contributed by atoms with van der Waals surface area (Å²) in [6.45, 7) is 4.50. The van der Waals surface area contributed by atoms with Crippen LogP contribution in [0.4, 0.5) is 5.69 Å². The number of hydrogen-bond acceptors (Lipinski definition) is 5. The van der Waals surface area contributed by atoms with Crippen molar-refractivity contribution >= 4 is 21.6 Å². The number of β-amino-alcohol motifs (C(OH)–C–C–N with tert-alkyl or cyclic N) is 1. The monoisotopic (exact) mass is 344 g/mol. The Kier molecular flexibility index (Phi) is 6.09. The van der Waals surface area contributed by atoms with E-state index in [9.17, 15) is 5.11 Å². The highest BCUT2D eigenvalue weighted by molar-refractivity contribution is 9.10. The molecule has 1 fully saturated rings. The van der Waals surface area contributed by atoms with E-state index in [1.165, 1.54) is 0 Å². The fourth-order valence-electron chi connectivity index (χ4n) is 2.16. The van der Waals surface area contributed by atoms with E-state index in [1.54, 1.807) is 7.11 Å². The molecule has 112 valence electrons. The van der Waals surface area contributed by atoms with Gasteiger partial charge in [0.05, 0.1) is 30.9 Å². The minimum absolute atomic E-state index is 0.394. The molecule has 6 heteroatoms. The summed E-state index contributed by atoms with van der Waals surface area (Å²) in [7, 11) is 1.64. The highest BCUT2D eigenvalue weighted by Crippen LogP contribution is 2.27. The van der Waals surface area contributed by atoms with E-state index in [1.807, 2.05) is 18.2 Å². The second-order valence-electron chi connectivity index (χ2n) is 4.80. The van der Waals surface area contributed by atoms with Crippen LogP contribution in [0.3, 0.4) is 0 Å². The fourth-order valence-corrected chi connectivity index (χ4v) is 2.70. The molecule has 1 atom stereocenters. The topological polar surface area (TPSA) is 54.0 Å². The number of rotatable bonds is 6. The van der Waals surface area contributed by atoms with Gasteiger partial charge in [-0.3, -0.25) is 4.90 Å². The largest absolute Gasteiger partial charge is 0.496 e. The number of morpholine rings is 1. The van der Waals surface area contributed by atoms with E-state index in [0.29, 0.717) is 13.1 Å². The summed E-state index contributed by atoms with van der Waals surface area (Å²) >= 11 is 3.44. The van der Waals surface area contributed by atoms with E-state index in [4.69, 9.17) is 9.47 Å². The van der Waals surface area contributed by atoms with Gasteiger partial charge in [0.2, 0.25) is 0 Å². The number of methoxy groups -OCH3 is 1. The van der Waals surface area contributed by atoms with E-state index >= 15 is 0 Å². The van der Waals surface area contributed by atoms with Gasteiger partial charge in [-0.1, -0.05) is 0 Å². The first-order chi connectivity index (χ1) is 9.69. The Hall–Kier alpha value is -0.820. The maximum absolute atomic E-state index is 10.1. The lowest BCUT2D eigenvalue weighted by atomic mass is 10.2. The smallest absolute Gasteiger partial charge is 0.133 e. The maximum Gasteiger partial charge on any atom is 0.133 e. The number of ether oxygens (including phenoxy) is 2. The SMILES string of the molecule is COc1ccc(NCC(O)CN2CCOCC2)cc1Br. The van der Waals surface area contributed by atoms with Crippen molar-refractivity contribution in [3.05, 3.63) is 22.7 Å². The summed E-state index contributed by atoms with van der Waals surface area (Å²) in [5, 5.41) is 13.3. The molecule has 0 aliphatic carbocycles. The van der Waals surface area contributed by atoms with E-state index in [2.05, 4.69) is 26.1 Å². The average Bonchev–Trinajstić information content (AvgIpc) is 2.46. The predicted octanol–water partition coefficient (Wildman–Crippen LogP) is 1.56. The van der Waals surface area contributed by atoms with Crippen molar-refractivity contribution in [2.45, 2.75) is 6.10 Å². The number of benzene rings is 1. The minimum atomic E-state index is -0.394. The molecule has 1 aliphatic rings. The molecule has 0 bridgehead atoms. The fraction of sp³-hybridized carbons (Fsp3) is 0.571. The Labute approximate surface area is 128 Å². The van der Waals surface area contributed by atoms with Crippen molar-refractivity contribution in [3.8, 4) is 5.75 Å². The van der Waals surface area contributed by atoms with Crippen LogP contribution < -0.4 is 10.1 Å². The van der Waals surface area contributed by atoms with Crippen LogP contribution in [-0.2, 0) is 4.74 Å². The lowest BCUT2D eigenvalue weighted by Crippen LogP contribution is -2.42. The van der Waals surface area contributed by atoms with Gasteiger partial charge in [0.25, 0.3) is 0 Å². The number of nitrogens with zero attached hydrogens (tertiary/aromatic N) is 1. The Morgan fingerprint density at radius 1 is 1.45 bits per heavy atom. The quantitative estimate of drug-likeness (QED) is 0.820. The van der Waals surface area contributed by atoms with Gasteiger partial charge in [0.15, 0.2) is 0 Å². The van der Waals surface area contributed by atoms with Gasteiger partial charge in [0, 0.05) is 31.9 Å². The predicted molar refractivity (Wildman–Crippen MR) is 82.4 cm³/mol. The van der Waals surface area contributed by atoms with Crippen LogP contribution >= 0.6 is 15.9 Å². The molecule has 20 heavy (non-hydrogen) atoms. The number of nitrogens with one attached hydrogen (secondary N) is 1. The van der Waals surface area contributed by atoms with Gasteiger partial charge in [-0.2, -0.15) is 0 Å². The van der Waals surface area contributed by atoms with Crippen LogP contribution in [0.2, 0.25) is 0 Å². The molecule has 0 spiro atoms. The van der Waals surface area contributed by atoms with Crippen molar-refractivity contribution in [3.63, 3.8) is 0 Å². The van der Waals surface area contributed by atoms with Crippen molar-refractivity contribution in [2.75, 3.05) is 51.8 Å². The molecule has 1 unspecified atom stereocenters. The van der Waals surface area contributed by atoms with Crippen LogP contribution in [0, 0.1) is 0 Å². The van der Waals surface area contributed by atoms with Gasteiger partial charge in [-0.25, -0.2) is 0 Å². The third-order valence-electron chi connectivity index (χ3n) is 3.27. The van der Waals surface area contributed by atoms with Crippen LogP contribution in [0.15, 0.2) is 22.7 Å². The third-order valence-corrected chi connectivity index (χ3v) is 3.89. The molecule has 0 radical (unpaired) electrons. The summed E-state index contributed by atoms with van der Waals surface area (Å²) in [6.07, 6.45) is -0.394. The summed E-state index contributed by atoms with van der Waals surface area (Å²) in [5.41, 5.74) is 0.957. The number of halogens is 1. The molecule has 1 saturated heterocycles. The van der Waals surface area contributed by atoms with Crippen molar-refractivity contribution < 1.29 is 14.6 Å². The van der Waals surface area contributed by atoms with Gasteiger partial charge in [-0.05, 0) is 34.1 Å². The zero-order valence-corrected chi connectivity index (χ0v) is 13.2. The summed E-state index contributed by atoms with van der Waals surface area (Å²) in [6, 6.07) is 5.77. The Balaban J connectivity index is 1.77. The standard InChI is InChI=1S/C14H21BrN2O3/c1-19-14-3-2-11(8-13(14)15)16-9-12(18)10-17-4-6-20-7-5-17/h2-3,8,12,16,18H,4-7,9-10H2,1H3. The zero-order valence-electron chi connectivity index (χ0n) is 11.6. The third kappa shape index (κ3) is 4.63. The van der Waals surface area contributed by atoms with Crippen LogP contribution in [0.5, 0.6) is 5.75 Å². The molecule has 0 aromatic heterocycles. The van der Waals surface area contributed by atoms with Crippen LogP contribution in [0.1, 0.15) is 0 Å². The second kappa shape index (κ2) is 7.83. The molecule has 1 aliphatic heterocycles. The van der Waals surface area contributed by atoms with Gasteiger partial charge in [-0.15, -0.1) is 0 Å². The first-order valence-corrected chi connectivity index (χ1v) is 7.54. The molecular formula is C14H21BrN2O3. The van der Waals surface area contributed by atoms with Gasteiger partial charge < -0.3 is 19.9 Å². The lowest BCUT2D eigenvalue weighted by molar-refractivity contribution is 0.0171.